The number of alkyl halides is 3. The number of hydrogen-bond donors (Lipinski definition) is 1. The van der Waals surface area contributed by atoms with Crippen LogP contribution >= 0.6 is 11.3 Å². The third-order valence-electron chi connectivity index (χ3n) is 4.32. The summed E-state index contributed by atoms with van der Waals surface area (Å²) in [6.07, 6.45) is -1.24. The molecular weight excluding hydrogens is 411 g/mol. The number of thiazole rings is 1. The number of carbonyl (C=O) groups excluding carboxylic acids is 1. The lowest BCUT2D eigenvalue weighted by atomic mass is 10.1. The summed E-state index contributed by atoms with van der Waals surface area (Å²) < 4.78 is 39.6. The highest BCUT2D eigenvalue weighted by molar-refractivity contribution is 7.13. The van der Waals surface area contributed by atoms with E-state index in [2.05, 4.69) is 15.3 Å². The first-order valence-corrected chi connectivity index (χ1v) is 9.74. The second-order valence-corrected chi connectivity index (χ2v) is 7.21. The maximum Gasteiger partial charge on any atom is 0.417 e. The van der Waals surface area contributed by atoms with Crippen LogP contribution in [0.2, 0.25) is 0 Å². The first kappa shape index (κ1) is 19.8. The molecule has 0 atom stereocenters. The van der Waals surface area contributed by atoms with Gasteiger partial charge in [0.05, 0.1) is 16.8 Å². The fourth-order valence-corrected chi connectivity index (χ4v) is 3.75. The zero-order chi connectivity index (χ0) is 21.1. The van der Waals surface area contributed by atoms with Gasteiger partial charge in [-0.1, -0.05) is 24.3 Å². The van der Waals surface area contributed by atoms with Crippen LogP contribution in [-0.4, -0.2) is 15.9 Å². The van der Waals surface area contributed by atoms with E-state index < -0.39 is 23.2 Å². The number of benzene rings is 2. The molecule has 0 aliphatic rings. The van der Waals surface area contributed by atoms with Crippen molar-refractivity contribution in [1.29, 1.82) is 0 Å². The molecule has 0 spiro atoms. The number of aromatic nitrogens is 2. The van der Waals surface area contributed by atoms with Crippen molar-refractivity contribution < 1.29 is 18.0 Å². The van der Waals surface area contributed by atoms with Gasteiger partial charge in [-0.3, -0.25) is 9.78 Å². The quantitative estimate of drug-likeness (QED) is 0.427. The molecule has 0 fully saturated rings. The van der Waals surface area contributed by atoms with Crippen LogP contribution in [0.15, 0.2) is 78.4 Å². The predicted octanol–water partition coefficient (Wildman–Crippen LogP) is 6.14. The number of halogens is 3. The first-order chi connectivity index (χ1) is 14.4. The lowest BCUT2D eigenvalue weighted by molar-refractivity contribution is -0.137. The number of pyridine rings is 1. The number of carbonyl (C=O) groups is 1. The van der Waals surface area contributed by atoms with E-state index >= 15 is 0 Å². The van der Waals surface area contributed by atoms with Gasteiger partial charge in [-0.05, 0) is 36.4 Å². The van der Waals surface area contributed by atoms with Gasteiger partial charge < -0.3 is 5.32 Å². The minimum atomic E-state index is -4.61. The van der Waals surface area contributed by atoms with Crippen molar-refractivity contribution in [3.63, 3.8) is 0 Å². The third kappa shape index (κ3) is 4.23. The molecule has 1 amide bonds. The summed E-state index contributed by atoms with van der Waals surface area (Å²) in [5.41, 5.74) is 1.37. The number of nitrogens with zero attached hydrogens (tertiary/aromatic N) is 2. The highest BCUT2D eigenvalue weighted by atomic mass is 32.1. The highest BCUT2D eigenvalue weighted by Crippen LogP contribution is 2.33. The molecule has 0 bridgehead atoms. The molecule has 2 aromatic heterocycles. The number of amides is 1. The Morgan fingerprint density at radius 1 is 0.933 bits per heavy atom. The van der Waals surface area contributed by atoms with Crippen molar-refractivity contribution in [1.82, 2.24) is 9.97 Å². The molecule has 0 unspecified atom stereocenters. The number of hydrogen-bond acceptors (Lipinski definition) is 4. The fraction of sp³-hybridized carbons (Fsp3) is 0.0455. The van der Waals surface area contributed by atoms with Gasteiger partial charge >= 0.3 is 6.18 Å². The minimum absolute atomic E-state index is 0.382. The molecule has 2 aromatic carbocycles. The average molecular weight is 425 g/mol. The van der Waals surface area contributed by atoms with Gasteiger partial charge in [0.1, 0.15) is 5.01 Å². The van der Waals surface area contributed by atoms with E-state index in [-0.39, 0.29) is 0 Å². The smallest absolute Gasteiger partial charge is 0.322 e. The normalized spacial score (nSPS) is 11.3. The largest absolute Gasteiger partial charge is 0.417 e. The Kier molecular flexibility index (Phi) is 5.33. The minimum Gasteiger partial charge on any atom is -0.322 e. The van der Waals surface area contributed by atoms with Gasteiger partial charge in [0, 0.05) is 34.6 Å². The fourth-order valence-electron chi connectivity index (χ4n) is 2.92. The molecule has 4 nitrogen and oxygen atoms in total. The van der Waals surface area contributed by atoms with Crippen LogP contribution < -0.4 is 5.32 Å². The molecule has 0 saturated carbocycles. The maximum absolute atomic E-state index is 13.2. The number of rotatable bonds is 4. The van der Waals surface area contributed by atoms with Gasteiger partial charge in [0.15, 0.2) is 0 Å². The second kappa shape index (κ2) is 8.08. The zero-order valence-corrected chi connectivity index (χ0v) is 16.2. The van der Waals surface area contributed by atoms with E-state index in [0.717, 1.165) is 28.3 Å². The lowest BCUT2D eigenvalue weighted by Crippen LogP contribution is -2.18. The Bertz CT molecular complexity index is 1190. The van der Waals surface area contributed by atoms with E-state index in [1.165, 1.54) is 23.5 Å². The Balaban J connectivity index is 1.58. The molecular formula is C22H14F3N3OS. The number of anilines is 1. The van der Waals surface area contributed by atoms with Crippen LogP contribution in [0.3, 0.4) is 0 Å². The van der Waals surface area contributed by atoms with Crippen molar-refractivity contribution in [2.45, 2.75) is 6.18 Å². The van der Waals surface area contributed by atoms with E-state index in [1.54, 1.807) is 30.6 Å². The third-order valence-corrected chi connectivity index (χ3v) is 5.22. The zero-order valence-electron chi connectivity index (χ0n) is 15.4. The van der Waals surface area contributed by atoms with Crippen LogP contribution in [0.1, 0.15) is 15.9 Å². The monoisotopic (exact) mass is 425 g/mol. The van der Waals surface area contributed by atoms with E-state index in [4.69, 9.17) is 0 Å². The second-order valence-electron chi connectivity index (χ2n) is 6.35. The topological polar surface area (TPSA) is 54.9 Å². The summed E-state index contributed by atoms with van der Waals surface area (Å²) in [7, 11) is 0. The first-order valence-electron chi connectivity index (χ1n) is 8.86. The van der Waals surface area contributed by atoms with Crippen molar-refractivity contribution in [2.75, 3.05) is 5.32 Å². The van der Waals surface area contributed by atoms with Gasteiger partial charge in [0.2, 0.25) is 0 Å². The maximum atomic E-state index is 13.2. The van der Waals surface area contributed by atoms with Crippen molar-refractivity contribution in [3.8, 4) is 21.8 Å². The predicted molar refractivity (Wildman–Crippen MR) is 110 cm³/mol. The van der Waals surface area contributed by atoms with Crippen LogP contribution in [0.5, 0.6) is 0 Å². The molecule has 0 aliphatic heterocycles. The summed E-state index contributed by atoms with van der Waals surface area (Å²) in [6, 6.07) is 15.3. The SMILES string of the molecule is O=C(Nc1cccc(-c2csc(-c3ccncc3)n2)c1)c1ccccc1C(F)(F)F. The number of nitrogens with one attached hydrogen (secondary N) is 1. The van der Waals surface area contributed by atoms with E-state index in [9.17, 15) is 18.0 Å². The van der Waals surface area contributed by atoms with Gasteiger partial charge in [0.25, 0.3) is 5.91 Å². The summed E-state index contributed by atoms with van der Waals surface area (Å²) in [4.78, 5) is 21.1. The van der Waals surface area contributed by atoms with Gasteiger partial charge in [-0.15, -0.1) is 11.3 Å². The van der Waals surface area contributed by atoms with E-state index in [0.29, 0.717) is 11.4 Å². The summed E-state index contributed by atoms with van der Waals surface area (Å²) in [6.45, 7) is 0. The Labute approximate surface area is 174 Å². The van der Waals surface area contributed by atoms with Crippen molar-refractivity contribution in [2.24, 2.45) is 0 Å². The Hall–Kier alpha value is -3.52. The van der Waals surface area contributed by atoms with Gasteiger partial charge in [-0.2, -0.15) is 13.2 Å². The van der Waals surface area contributed by atoms with Crippen LogP contribution in [-0.2, 0) is 6.18 Å². The average Bonchev–Trinajstić information content (AvgIpc) is 3.24. The van der Waals surface area contributed by atoms with Crippen LogP contribution in [0.25, 0.3) is 21.8 Å². The molecule has 1 N–H and O–H groups in total. The Morgan fingerprint density at radius 2 is 1.70 bits per heavy atom. The summed E-state index contributed by atoms with van der Waals surface area (Å²) >= 11 is 1.47. The van der Waals surface area contributed by atoms with Crippen LogP contribution in [0.4, 0.5) is 18.9 Å². The Morgan fingerprint density at radius 3 is 2.47 bits per heavy atom. The van der Waals surface area contributed by atoms with E-state index in [1.807, 2.05) is 23.6 Å². The molecule has 8 heteroatoms. The molecule has 30 heavy (non-hydrogen) atoms. The molecule has 0 aliphatic carbocycles. The lowest BCUT2D eigenvalue weighted by Gasteiger charge is -2.13. The summed E-state index contributed by atoms with van der Waals surface area (Å²) in [5.74, 6) is -0.823. The van der Waals surface area contributed by atoms with Crippen molar-refractivity contribution in [3.05, 3.63) is 89.6 Å². The molecule has 0 radical (unpaired) electrons. The molecule has 0 saturated heterocycles. The summed E-state index contributed by atoms with van der Waals surface area (Å²) in [5, 5.41) is 5.25. The molecule has 150 valence electrons. The van der Waals surface area contributed by atoms with Gasteiger partial charge in [-0.25, -0.2) is 4.98 Å². The standard InChI is InChI=1S/C22H14F3N3OS/c23-22(24,25)18-7-2-1-6-17(18)20(29)27-16-5-3-4-15(12-16)19-13-30-21(28-19)14-8-10-26-11-9-14/h1-13H,(H,27,29). The molecule has 4 aromatic rings. The van der Waals surface area contributed by atoms with Crippen molar-refractivity contribution >= 4 is 22.9 Å². The highest BCUT2D eigenvalue weighted by Gasteiger charge is 2.34. The molecule has 4 rings (SSSR count). The van der Waals surface area contributed by atoms with Crippen LogP contribution in [0, 0.1) is 0 Å². The molecule has 2 heterocycles.